The second-order valence-corrected chi connectivity index (χ2v) is 8.05. The highest BCUT2D eigenvalue weighted by Crippen LogP contribution is 2.17. The van der Waals surface area contributed by atoms with Gasteiger partial charge in [0.15, 0.2) is 0 Å². The first kappa shape index (κ1) is 16.6. The highest BCUT2D eigenvalue weighted by Gasteiger charge is 2.29. The van der Waals surface area contributed by atoms with E-state index in [1.54, 1.807) is 6.20 Å². The van der Waals surface area contributed by atoms with Gasteiger partial charge in [-0.1, -0.05) is 0 Å². The van der Waals surface area contributed by atoms with E-state index in [0.29, 0.717) is 19.6 Å². The van der Waals surface area contributed by atoms with Crippen LogP contribution in [0.3, 0.4) is 0 Å². The molecule has 1 N–H and O–H groups in total. The number of nitrogens with zero attached hydrogens (tertiary/aromatic N) is 2. The van der Waals surface area contributed by atoms with Crippen LogP contribution in [-0.2, 0) is 26.0 Å². The molecule has 2 fully saturated rings. The van der Waals surface area contributed by atoms with Gasteiger partial charge < -0.3 is 14.4 Å². The van der Waals surface area contributed by atoms with Crippen LogP contribution in [0.15, 0.2) is 18.3 Å². The molecule has 2 aliphatic heterocycles. The molecule has 2 aliphatic rings. The third-order valence-corrected chi connectivity index (χ3v) is 5.98. The lowest BCUT2D eigenvalue weighted by Gasteiger charge is -2.32. The Labute approximate surface area is 137 Å². The van der Waals surface area contributed by atoms with E-state index >= 15 is 0 Å². The summed E-state index contributed by atoms with van der Waals surface area (Å²) in [7, 11) is -3.33. The van der Waals surface area contributed by atoms with E-state index in [4.69, 9.17) is 9.47 Å². The van der Waals surface area contributed by atoms with Gasteiger partial charge in [-0.05, 0) is 31.0 Å². The number of nitrogens with one attached hydrogen (secondary N) is 1. The molecule has 0 radical (unpaired) electrons. The van der Waals surface area contributed by atoms with Gasteiger partial charge in [-0.2, -0.15) is 0 Å². The van der Waals surface area contributed by atoms with Crippen molar-refractivity contribution in [2.24, 2.45) is 0 Å². The molecule has 0 aromatic carbocycles. The molecular weight excluding hydrogens is 318 g/mol. The largest absolute Gasteiger partial charge is 0.380 e. The second kappa shape index (κ2) is 7.12. The first-order valence-corrected chi connectivity index (χ1v) is 9.47. The molecule has 1 aromatic rings. The topological polar surface area (TPSA) is 80.8 Å². The number of morpholine rings is 1. The molecule has 2 saturated heterocycles. The van der Waals surface area contributed by atoms with E-state index < -0.39 is 15.3 Å². The number of hydrogen-bond donors (Lipinski definition) is 1. The Balaban J connectivity index is 1.63. The molecule has 0 amide bonds. The molecule has 128 valence electrons. The van der Waals surface area contributed by atoms with Crippen LogP contribution in [0.4, 0.5) is 5.82 Å². The van der Waals surface area contributed by atoms with E-state index in [1.807, 2.05) is 19.1 Å². The van der Waals surface area contributed by atoms with Gasteiger partial charge in [0, 0.05) is 32.4 Å². The smallest absolute Gasteiger partial charge is 0.217 e. The number of hydrogen-bond acceptors (Lipinski definition) is 6. The number of anilines is 1. The summed E-state index contributed by atoms with van der Waals surface area (Å²) in [5.41, 5.74) is 0.900. The second-order valence-electron chi connectivity index (χ2n) is 6.00. The maximum atomic E-state index is 12.2. The van der Waals surface area contributed by atoms with E-state index in [0.717, 1.165) is 24.5 Å². The van der Waals surface area contributed by atoms with Gasteiger partial charge in [0.2, 0.25) is 10.0 Å². The van der Waals surface area contributed by atoms with Gasteiger partial charge in [0.05, 0.1) is 19.3 Å². The maximum Gasteiger partial charge on any atom is 0.217 e. The molecule has 2 unspecified atom stereocenters. The highest BCUT2D eigenvalue weighted by atomic mass is 32.2. The van der Waals surface area contributed by atoms with Crippen molar-refractivity contribution in [2.45, 2.75) is 31.2 Å². The van der Waals surface area contributed by atoms with Gasteiger partial charge in [-0.3, -0.25) is 0 Å². The lowest BCUT2D eigenvalue weighted by molar-refractivity contribution is 0.0529. The number of aromatic nitrogens is 1. The van der Waals surface area contributed by atoms with Crippen LogP contribution in [0.25, 0.3) is 0 Å². The molecule has 0 saturated carbocycles. The SMILES string of the molecule is CC1CN(c2cc(CNS(=O)(=O)C3CCOC3)ccn2)CCO1. The van der Waals surface area contributed by atoms with E-state index in [1.165, 1.54) is 0 Å². The van der Waals surface area contributed by atoms with Crippen LogP contribution in [-0.4, -0.2) is 57.7 Å². The average Bonchev–Trinajstić information content (AvgIpc) is 3.09. The number of sulfonamides is 1. The van der Waals surface area contributed by atoms with Crippen LogP contribution in [0, 0.1) is 0 Å². The summed E-state index contributed by atoms with van der Waals surface area (Å²) in [6.45, 7) is 5.37. The molecule has 3 heterocycles. The van der Waals surface area contributed by atoms with Crippen molar-refractivity contribution in [1.29, 1.82) is 0 Å². The number of pyridine rings is 1. The van der Waals surface area contributed by atoms with Crippen molar-refractivity contribution < 1.29 is 17.9 Å². The molecule has 3 rings (SSSR count). The van der Waals surface area contributed by atoms with Crippen LogP contribution < -0.4 is 9.62 Å². The minimum absolute atomic E-state index is 0.176. The summed E-state index contributed by atoms with van der Waals surface area (Å²) in [5, 5.41) is -0.441. The van der Waals surface area contributed by atoms with Crippen LogP contribution >= 0.6 is 0 Å². The predicted octanol–water partition coefficient (Wildman–Crippen LogP) is 0.515. The van der Waals surface area contributed by atoms with Gasteiger partial charge in [-0.15, -0.1) is 0 Å². The fraction of sp³-hybridized carbons (Fsp3) is 0.667. The third kappa shape index (κ3) is 4.20. The molecule has 2 atom stereocenters. The Hall–Kier alpha value is -1.22. The van der Waals surface area contributed by atoms with Crippen molar-refractivity contribution in [2.75, 3.05) is 37.8 Å². The van der Waals surface area contributed by atoms with E-state index in [2.05, 4.69) is 14.6 Å². The summed E-state index contributed by atoms with van der Waals surface area (Å²) < 4.78 is 37.8. The lowest BCUT2D eigenvalue weighted by atomic mass is 10.2. The van der Waals surface area contributed by atoms with Gasteiger partial charge in [-0.25, -0.2) is 18.1 Å². The predicted molar refractivity (Wildman–Crippen MR) is 86.8 cm³/mol. The fourth-order valence-electron chi connectivity index (χ4n) is 2.83. The van der Waals surface area contributed by atoms with Gasteiger partial charge in [0.1, 0.15) is 11.1 Å². The monoisotopic (exact) mass is 341 g/mol. The minimum atomic E-state index is -3.33. The number of rotatable bonds is 5. The van der Waals surface area contributed by atoms with Crippen molar-refractivity contribution in [3.63, 3.8) is 0 Å². The minimum Gasteiger partial charge on any atom is -0.380 e. The van der Waals surface area contributed by atoms with Crippen molar-refractivity contribution in [1.82, 2.24) is 9.71 Å². The van der Waals surface area contributed by atoms with Crippen molar-refractivity contribution in [3.8, 4) is 0 Å². The Morgan fingerprint density at radius 2 is 2.30 bits per heavy atom. The maximum absolute atomic E-state index is 12.2. The normalized spacial score (nSPS) is 25.7. The Kier molecular flexibility index (Phi) is 5.15. The molecule has 1 aromatic heterocycles. The van der Waals surface area contributed by atoms with Crippen LogP contribution in [0.2, 0.25) is 0 Å². The highest BCUT2D eigenvalue weighted by molar-refractivity contribution is 7.90. The molecule has 23 heavy (non-hydrogen) atoms. The zero-order valence-corrected chi connectivity index (χ0v) is 14.1. The number of ether oxygens (including phenoxy) is 2. The van der Waals surface area contributed by atoms with Crippen molar-refractivity contribution in [3.05, 3.63) is 23.9 Å². The van der Waals surface area contributed by atoms with E-state index in [9.17, 15) is 8.42 Å². The quantitative estimate of drug-likeness (QED) is 0.841. The van der Waals surface area contributed by atoms with Crippen LogP contribution in [0.5, 0.6) is 0 Å². The van der Waals surface area contributed by atoms with Gasteiger partial charge >= 0.3 is 0 Å². The average molecular weight is 341 g/mol. The fourth-order valence-corrected chi connectivity index (χ4v) is 4.11. The zero-order chi connectivity index (χ0) is 16.3. The lowest BCUT2D eigenvalue weighted by Crippen LogP contribution is -2.41. The summed E-state index contributed by atoms with van der Waals surface area (Å²) in [5.74, 6) is 0.862. The summed E-state index contributed by atoms with van der Waals surface area (Å²) >= 11 is 0. The molecular formula is C15H23N3O4S. The Morgan fingerprint density at radius 3 is 3.04 bits per heavy atom. The molecule has 0 aliphatic carbocycles. The van der Waals surface area contributed by atoms with Gasteiger partial charge in [0.25, 0.3) is 0 Å². The van der Waals surface area contributed by atoms with Crippen molar-refractivity contribution >= 4 is 15.8 Å². The Morgan fingerprint density at radius 1 is 1.43 bits per heavy atom. The molecule has 0 bridgehead atoms. The third-order valence-electron chi connectivity index (χ3n) is 4.18. The summed E-state index contributed by atoms with van der Waals surface area (Å²) in [6.07, 6.45) is 2.45. The molecule has 0 spiro atoms. The summed E-state index contributed by atoms with van der Waals surface area (Å²) in [6, 6.07) is 3.77. The summed E-state index contributed by atoms with van der Waals surface area (Å²) in [4.78, 5) is 6.56. The first-order chi connectivity index (χ1) is 11.0. The molecule has 7 nitrogen and oxygen atoms in total. The zero-order valence-electron chi connectivity index (χ0n) is 13.3. The van der Waals surface area contributed by atoms with Crippen LogP contribution in [0.1, 0.15) is 18.9 Å². The molecule has 8 heteroatoms. The first-order valence-electron chi connectivity index (χ1n) is 7.92. The standard InChI is InChI=1S/C15H23N3O4S/c1-12-10-18(5-7-22-12)15-8-13(2-4-16-15)9-17-23(19,20)14-3-6-21-11-14/h2,4,8,12,14,17H,3,5-7,9-11H2,1H3. The van der Waals surface area contributed by atoms with E-state index in [-0.39, 0.29) is 19.3 Å². The Bertz CT molecular complexity index is 631.